The fourth-order valence-corrected chi connectivity index (χ4v) is 1.87. The van der Waals surface area contributed by atoms with Crippen molar-refractivity contribution in [1.29, 1.82) is 5.26 Å². The first kappa shape index (κ1) is 13.1. The molecule has 0 aliphatic rings. The van der Waals surface area contributed by atoms with Crippen LogP contribution in [0.15, 0.2) is 42.5 Å². The van der Waals surface area contributed by atoms with Gasteiger partial charge in [0.1, 0.15) is 17.6 Å². The lowest BCUT2D eigenvalue weighted by molar-refractivity contribution is 0.477. The minimum atomic E-state index is 0.555. The van der Waals surface area contributed by atoms with E-state index >= 15 is 0 Å². The highest BCUT2D eigenvalue weighted by Gasteiger charge is 2.07. The molecule has 0 fully saturated rings. The van der Waals surface area contributed by atoms with Gasteiger partial charge in [-0.2, -0.15) is 5.26 Å². The maximum Gasteiger partial charge on any atom is 0.148 e. The Hall–Kier alpha value is -2.31. The third kappa shape index (κ3) is 3.12. The molecule has 0 spiro atoms. The Labute approximate surface area is 113 Å². The zero-order chi connectivity index (χ0) is 13.7. The largest absolute Gasteiger partial charge is 0.456 e. The summed E-state index contributed by atoms with van der Waals surface area (Å²) in [5, 5.41) is 12.2. The lowest BCUT2D eigenvalue weighted by Gasteiger charge is -2.10. The van der Waals surface area contributed by atoms with E-state index in [1.807, 2.05) is 50.4 Å². The first-order valence-electron chi connectivity index (χ1n) is 6.15. The van der Waals surface area contributed by atoms with Crippen LogP contribution in [0, 0.1) is 18.3 Å². The second-order valence-electron chi connectivity index (χ2n) is 4.34. The summed E-state index contributed by atoms with van der Waals surface area (Å²) in [6.07, 6.45) is 0. The molecule has 3 heteroatoms. The fourth-order valence-electron chi connectivity index (χ4n) is 1.87. The maximum absolute atomic E-state index is 9.10. The number of benzene rings is 2. The van der Waals surface area contributed by atoms with Crippen LogP contribution in [0.25, 0.3) is 0 Å². The Balaban J connectivity index is 2.24. The quantitative estimate of drug-likeness (QED) is 0.907. The fraction of sp³-hybridized carbons (Fsp3) is 0.188. The van der Waals surface area contributed by atoms with Crippen LogP contribution in [0.2, 0.25) is 0 Å². The van der Waals surface area contributed by atoms with Gasteiger partial charge in [-0.1, -0.05) is 24.3 Å². The predicted octanol–water partition coefficient (Wildman–Crippen LogP) is 3.38. The van der Waals surface area contributed by atoms with Gasteiger partial charge in [0.25, 0.3) is 0 Å². The van der Waals surface area contributed by atoms with Gasteiger partial charge >= 0.3 is 0 Å². The topological polar surface area (TPSA) is 45.0 Å². The van der Waals surface area contributed by atoms with Crippen LogP contribution >= 0.6 is 0 Å². The molecule has 1 N–H and O–H groups in total. The van der Waals surface area contributed by atoms with Crippen LogP contribution in [-0.2, 0) is 6.54 Å². The molecule has 0 saturated heterocycles. The average Bonchev–Trinajstić information content (AvgIpc) is 2.43. The van der Waals surface area contributed by atoms with Crippen molar-refractivity contribution in [2.24, 2.45) is 0 Å². The van der Waals surface area contributed by atoms with E-state index < -0.39 is 0 Å². The zero-order valence-electron chi connectivity index (χ0n) is 11.1. The van der Waals surface area contributed by atoms with E-state index in [-0.39, 0.29) is 0 Å². The normalized spacial score (nSPS) is 9.95. The van der Waals surface area contributed by atoms with Crippen LogP contribution in [0.4, 0.5) is 0 Å². The molecule has 3 nitrogen and oxygen atoms in total. The molecule has 0 amide bonds. The molecule has 19 heavy (non-hydrogen) atoms. The molecular formula is C16H16N2O. The molecule has 0 atom stereocenters. The first-order chi connectivity index (χ1) is 9.24. The monoisotopic (exact) mass is 252 g/mol. The number of aryl methyl sites for hydroxylation is 1. The van der Waals surface area contributed by atoms with Crippen molar-refractivity contribution >= 4 is 0 Å². The Morgan fingerprint density at radius 1 is 1.16 bits per heavy atom. The number of hydrogen-bond donors (Lipinski definition) is 1. The molecule has 0 heterocycles. The molecule has 0 aliphatic heterocycles. The number of ether oxygens (including phenoxy) is 1. The van der Waals surface area contributed by atoms with Gasteiger partial charge in [0.2, 0.25) is 0 Å². The van der Waals surface area contributed by atoms with Crippen molar-refractivity contribution in [1.82, 2.24) is 5.32 Å². The summed E-state index contributed by atoms with van der Waals surface area (Å²) in [6.45, 7) is 2.76. The van der Waals surface area contributed by atoms with E-state index in [0.717, 1.165) is 17.9 Å². The van der Waals surface area contributed by atoms with Crippen molar-refractivity contribution in [3.05, 3.63) is 59.2 Å². The molecule has 0 radical (unpaired) electrons. The van der Waals surface area contributed by atoms with Crippen LogP contribution in [0.1, 0.15) is 16.7 Å². The van der Waals surface area contributed by atoms with Crippen molar-refractivity contribution in [3.63, 3.8) is 0 Å². The van der Waals surface area contributed by atoms with E-state index in [9.17, 15) is 0 Å². The zero-order valence-corrected chi connectivity index (χ0v) is 11.1. The van der Waals surface area contributed by atoms with Gasteiger partial charge in [-0.25, -0.2) is 0 Å². The second kappa shape index (κ2) is 6.03. The molecule has 96 valence electrons. The molecular weight excluding hydrogens is 236 g/mol. The van der Waals surface area contributed by atoms with E-state index in [4.69, 9.17) is 10.00 Å². The summed E-state index contributed by atoms with van der Waals surface area (Å²) in [5.41, 5.74) is 2.71. The maximum atomic E-state index is 9.10. The van der Waals surface area contributed by atoms with Gasteiger partial charge < -0.3 is 10.1 Å². The smallest absolute Gasteiger partial charge is 0.148 e. The number of rotatable bonds is 4. The first-order valence-corrected chi connectivity index (χ1v) is 6.15. The summed E-state index contributed by atoms with van der Waals surface area (Å²) < 4.78 is 5.82. The van der Waals surface area contributed by atoms with Crippen LogP contribution in [-0.4, -0.2) is 7.05 Å². The molecule has 2 aromatic carbocycles. The van der Waals surface area contributed by atoms with Crippen molar-refractivity contribution in [2.45, 2.75) is 13.5 Å². The van der Waals surface area contributed by atoms with Gasteiger partial charge in [0, 0.05) is 6.54 Å². The second-order valence-corrected chi connectivity index (χ2v) is 4.34. The third-order valence-electron chi connectivity index (χ3n) is 2.86. The average molecular weight is 252 g/mol. The van der Waals surface area contributed by atoms with Crippen molar-refractivity contribution < 1.29 is 4.74 Å². The Morgan fingerprint density at radius 2 is 1.89 bits per heavy atom. The Kier molecular flexibility index (Phi) is 4.17. The molecule has 0 aliphatic carbocycles. The van der Waals surface area contributed by atoms with Crippen LogP contribution in [0.5, 0.6) is 11.5 Å². The third-order valence-corrected chi connectivity index (χ3v) is 2.86. The summed E-state index contributed by atoms with van der Waals surface area (Å²) in [7, 11) is 1.91. The van der Waals surface area contributed by atoms with E-state index in [1.165, 1.54) is 5.56 Å². The summed E-state index contributed by atoms with van der Waals surface area (Å²) in [4.78, 5) is 0. The standard InChI is InChI=1S/C16H16N2O/c1-12-4-3-5-14(10-17)16(12)19-15-8-6-13(7-9-15)11-18-2/h3-9,18H,11H2,1-2H3. The minimum absolute atomic E-state index is 0.555. The van der Waals surface area contributed by atoms with E-state index in [0.29, 0.717) is 11.3 Å². The summed E-state index contributed by atoms with van der Waals surface area (Å²) in [5.74, 6) is 1.37. The molecule has 0 saturated carbocycles. The predicted molar refractivity (Wildman–Crippen MR) is 75.2 cm³/mol. The molecule has 2 aromatic rings. The highest BCUT2D eigenvalue weighted by atomic mass is 16.5. The number of nitrogens with zero attached hydrogens (tertiary/aromatic N) is 1. The number of para-hydroxylation sites is 1. The number of nitriles is 1. The molecule has 0 unspecified atom stereocenters. The van der Waals surface area contributed by atoms with Crippen LogP contribution < -0.4 is 10.1 Å². The Morgan fingerprint density at radius 3 is 2.53 bits per heavy atom. The number of hydrogen-bond acceptors (Lipinski definition) is 3. The van der Waals surface area contributed by atoms with Gasteiger partial charge in [-0.15, -0.1) is 0 Å². The van der Waals surface area contributed by atoms with Gasteiger partial charge in [0.15, 0.2) is 0 Å². The van der Waals surface area contributed by atoms with Gasteiger partial charge in [-0.05, 0) is 43.3 Å². The minimum Gasteiger partial charge on any atom is -0.456 e. The van der Waals surface area contributed by atoms with Crippen molar-refractivity contribution in [2.75, 3.05) is 7.05 Å². The van der Waals surface area contributed by atoms with E-state index in [2.05, 4.69) is 11.4 Å². The summed E-state index contributed by atoms with van der Waals surface area (Å²) >= 11 is 0. The van der Waals surface area contributed by atoms with Gasteiger partial charge in [0.05, 0.1) is 5.56 Å². The highest BCUT2D eigenvalue weighted by molar-refractivity contribution is 5.50. The molecule has 2 rings (SSSR count). The lowest BCUT2D eigenvalue weighted by Crippen LogP contribution is -2.04. The molecule has 0 aromatic heterocycles. The number of nitrogens with one attached hydrogen (secondary N) is 1. The lowest BCUT2D eigenvalue weighted by atomic mass is 10.1. The van der Waals surface area contributed by atoms with Crippen molar-refractivity contribution in [3.8, 4) is 17.6 Å². The van der Waals surface area contributed by atoms with Gasteiger partial charge in [-0.3, -0.25) is 0 Å². The van der Waals surface area contributed by atoms with E-state index in [1.54, 1.807) is 6.07 Å². The molecule has 0 bridgehead atoms. The summed E-state index contributed by atoms with van der Waals surface area (Å²) in [6, 6.07) is 15.6. The van der Waals surface area contributed by atoms with Crippen LogP contribution in [0.3, 0.4) is 0 Å². The Bertz CT molecular complexity index is 597. The highest BCUT2D eigenvalue weighted by Crippen LogP contribution is 2.28. The SMILES string of the molecule is CNCc1ccc(Oc2c(C)cccc2C#N)cc1.